The van der Waals surface area contributed by atoms with Gasteiger partial charge in [0, 0.05) is 6.04 Å². The van der Waals surface area contributed by atoms with E-state index in [4.69, 9.17) is 4.42 Å². The zero-order valence-corrected chi connectivity index (χ0v) is 11.7. The van der Waals surface area contributed by atoms with E-state index >= 15 is 0 Å². The van der Waals surface area contributed by atoms with Gasteiger partial charge in [-0.3, -0.25) is 0 Å². The van der Waals surface area contributed by atoms with Crippen LogP contribution >= 0.6 is 11.8 Å². The van der Waals surface area contributed by atoms with E-state index in [0.717, 1.165) is 35.8 Å². The standard InChI is InChI=1S/C14H23NOS/c1-11(2)7-8-17-10-14-6-5-13(16-14)9-15-12-3-4-12/h5-6,11-12,15H,3-4,7-10H2,1-2H3. The smallest absolute Gasteiger partial charge is 0.118 e. The van der Waals surface area contributed by atoms with E-state index in [0.29, 0.717) is 0 Å². The number of nitrogens with one attached hydrogen (secondary N) is 1. The van der Waals surface area contributed by atoms with Crippen LogP contribution in [0.4, 0.5) is 0 Å². The summed E-state index contributed by atoms with van der Waals surface area (Å²) in [6.45, 7) is 5.44. The van der Waals surface area contributed by atoms with Crippen LogP contribution in [-0.2, 0) is 12.3 Å². The molecule has 0 amide bonds. The molecule has 0 bridgehead atoms. The Balaban J connectivity index is 1.62. The summed E-state index contributed by atoms with van der Waals surface area (Å²) in [5.41, 5.74) is 0. The number of furan rings is 1. The van der Waals surface area contributed by atoms with E-state index in [1.165, 1.54) is 25.0 Å². The molecule has 96 valence electrons. The maximum atomic E-state index is 5.79. The van der Waals surface area contributed by atoms with Crippen molar-refractivity contribution < 1.29 is 4.42 Å². The topological polar surface area (TPSA) is 25.2 Å². The number of hydrogen-bond acceptors (Lipinski definition) is 3. The van der Waals surface area contributed by atoms with Crippen LogP contribution in [0.1, 0.15) is 44.6 Å². The van der Waals surface area contributed by atoms with Crippen LogP contribution in [0, 0.1) is 5.92 Å². The average Bonchev–Trinajstić information content (AvgIpc) is 3.01. The summed E-state index contributed by atoms with van der Waals surface area (Å²) >= 11 is 1.97. The molecule has 0 saturated heterocycles. The van der Waals surface area contributed by atoms with E-state index in [9.17, 15) is 0 Å². The Labute approximate surface area is 109 Å². The van der Waals surface area contributed by atoms with Gasteiger partial charge in [-0.25, -0.2) is 0 Å². The molecule has 3 heteroatoms. The van der Waals surface area contributed by atoms with Crippen LogP contribution in [0.3, 0.4) is 0 Å². The molecule has 1 N–H and O–H groups in total. The molecule has 1 aliphatic rings. The van der Waals surface area contributed by atoms with Gasteiger partial charge in [0.1, 0.15) is 11.5 Å². The van der Waals surface area contributed by atoms with Crippen molar-refractivity contribution in [3.8, 4) is 0 Å². The summed E-state index contributed by atoms with van der Waals surface area (Å²) in [5.74, 6) is 5.24. The Bertz CT molecular complexity index is 331. The molecule has 1 aliphatic carbocycles. The van der Waals surface area contributed by atoms with Crippen LogP contribution in [0.2, 0.25) is 0 Å². The number of thioether (sulfide) groups is 1. The van der Waals surface area contributed by atoms with Gasteiger partial charge in [0.05, 0.1) is 12.3 Å². The highest BCUT2D eigenvalue weighted by molar-refractivity contribution is 7.98. The Hall–Kier alpha value is -0.410. The summed E-state index contributed by atoms with van der Waals surface area (Å²) in [6, 6.07) is 4.98. The van der Waals surface area contributed by atoms with Crippen molar-refractivity contribution in [3.05, 3.63) is 23.7 Å². The molecule has 0 aromatic carbocycles. The summed E-state index contributed by atoms with van der Waals surface area (Å²) < 4.78 is 5.79. The van der Waals surface area contributed by atoms with Crippen molar-refractivity contribution in [1.29, 1.82) is 0 Å². The Morgan fingerprint density at radius 3 is 2.82 bits per heavy atom. The maximum Gasteiger partial charge on any atom is 0.118 e. The lowest BCUT2D eigenvalue weighted by molar-refractivity contribution is 0.458. The highest BCUT2D eigenvalue weighted by Crippen LogP contribution is 2.21. The second-order valence-electron chi connectivity index (χ2n) is 5.26. The van der Waals surface area contributed by atoms with Crippen LogP contribution < -0.4 is 5.32 Å². The highest BCUT2D eigenvalue weighted by Gasteiger charge is 2.20. The maximum absolute atomic E-state index is 5.79. The molecule has 0 aliphatic heterocycles. The van der Waals surface area contributed by atoms with Crippen LogP contribution in [0.25, 0.3) is 0 Å². The monoisotopic (exact) mass is 253 g/mol. The van der Waals surface area contributed by atoms with Crippen LogP contribution in [0.5, 0.6) is 0 Å². The van der Waals surface area contributed by atoms with Gasteiger partial charge in [0.2, 0.25) is 0 Å². The van der Waals surface area contributed by atoms with Crippen molar-refractivity contribution in [2.75, 3.05) is 5.75 Å². The van der Waals surface area contributed by atoms with E-state index in [2.05, 4.69) is 31.3 Å². The lowest BCUT2D eigenvalue weighted by Gasteiger charge is -2.03. The van der Waals surface area contributed by atoms with Crippen LogP contribution in [-0.4, -0.2) is 11.8 Å². The van der Waals surface area contributed by atoms with Gasteiger partial charge in [-0.05, 0) is 43.1 Å². The van der Waals surface area contributed by atoms with Gasteiger partial charge in [-0.15, -0.1) is 0 Å². The Morgan fingerprint density at radius 2 is 2.12 bits per heavy atom. The van der Waals surface area contributed by atoms with Gasteiger partial charge in [-0.1, -0.05) is 13.8 Å². The predicted octanol–water partition coefficient (Wildman–Crippen LogP) is 3.81. The lowest BCUT2D eigenvalue weighted by atomic mass is 10.2. The molecule has 17 heavy (non-hydrogen) atoms. The van der Waals surface area contributed by atoms with E-state index < -0.39 is 0 Å². The summed E-state index contributed by atoms with van der Waals surface area (Å²) in [7, 11) is 0. The summed E-state index contributed by atoms with van der Waals surface area (Å²) in [6.07, 6.45) is 3.96. The van der Waals surface area contributed by atoms with Gasteiger partial charge in [0.15, 0.2) is 0 Å². The first-order valence-electron chi connectivity index (χ1n) is 6.63. The van der Waals surface area contributed by atoms with Crippen molar-refractivity contribution >= 4 is 11.8 Å². The fourth-order valence-electron chi connectivity index (χ4n) is 1.62. The molecular formula is C14H23NOS. The van der Waals surface area contributed by atoms with Crippen molar-refractivity contribution in [3.63, 3.8) is 0 Å². The minimum Gasteiger partial charge on any atom is -0.464 e. The third-order valence-electron chi connectivity index (χ3n) is 2.94. The normalized spacial score (nSPS) is 15.7. The molecule has 1 aromatic rings. The first kappa shape index (κ1) is 13.0. The Kier molecular flexibility index (Phi) is 4.99. The average molecular weight is 253 g/mol. The second kappa shape index (κ2) is 6.50. The minimum absolute atomic E-state index is 0.754. The molecule has 2 nitrogen and oxygen atoms in total. The fourth-order valence-corrected chi connectivity index (χ4v) is 2.76. The first-order valence-corrected chi connectivity index (χ1v) is 7.78. The lowest BCUT2D eigenvalue weighted by Crippen LogP contribution is -2.14. The van der Waals surface area contributed by atoms with E-state index in [-0.39, 0.29) is 0 Å². The van der Waals surface area contributed by atoms with E-state index in [1.54, 1.807) is 0 Å². The van der Waals surface area contributed by atoms with Crippen LogP contribution in [0.15, 0.2) is 16.5 Å². The van der Waals surface area contributed by atoms with Gasteiger partial charge in [-0.2, -0.15) is 11.8 Å². The molecule has 0 spiro atoms. The van der Waals surface area contributed by atoms with Crippen molar-refractivity contribution in [2.24, 2.45) is 5.92 Å². The number of hydrogen-bond donors (Lipinski definition) is 1. The molecule has 1 aromatic heterocycles. The summed E-state index contributed by atoms with van der Waals surface area (Å²) in [4.78, 5) is 0. The molecule has 2 rings (SSSR count). The fraction of sp³-hybridized carbons (Fsp3) is 0.714. The second-order valence-corrected chi connectivity index (χ2v) is 6.36. The summed E-state index contributed by atoms with van der Waals surface area (Å²) in [5, 5.41) is 3.47. The molecule has 0 unspecified atom stereocenters. The Morgan fingerprint density at radius 1 is 1.35 bits per heavy atom. The molecule has 1 saturated carbocycles. The quantitative estimate of drug-likeness (QED) is 0.713. The number of rotatable bonds is 8. The predicted molar refractivity (Wildman–Crippen MR) is 74.2 cm³/mol. The largest absolute Gasteiger partial charge is 0.464 e. The van der Waals surface area contributed by atoms with Crippen molar-refractivity contribution in [2.45, 2.75) is 51.4 Å². The molecule has 0 radical (unpaired) electrons. The van der Waals surface area contributed by atoms with Gasteiger partial charge >= 0.3 is 0 Å². The van der Waals surface area contributed by atoms with Gasteiger partial charge in [0.25, 0.3) is 0 Å². The zero-order chi connectivity index (χ0) is 12.1. The molecule has 1 fully saturated rings. The SMILES string of the molecule is CC(C)CCSCc1ccc(CNC2CC2)o1. The van der Waals surface area contributed by atoms with Gasteiger partial charge < -0.3 is 9.73 Å². The molecular weight excluding hydrogens is 230 g/mol. The third kappa shape index (κ3) is 5.17. The van der Waals surface area contributed by atoms with Crippen molar-refractivity contribution in [1.82, 2.24) is 5.32 Å². The minimum atomic E-state index is 0.754. The molecule has 1 heterocycles. The first-order chi connectivity index (χ1) is 8.24. The molecule has 0 atom stereocenters. The highest BCUT2D eigenvalue weighted by atomic mass is 32.2. The van der Waals surface area contributed by atoms with E-state index in [1.807, 2.05) is 11.8 Å². The third-order valence-corrected chi connectivity index (χ3v) is 3.96. The zero-order valence-electron chi connectivity index (χ0n) is 10.9.